The Morgan fingerprint density at radius 2 is 2.43 bits per heavy atom. The predicted molar refractivity (Wildman–Crippen MR) is 26.2 cm³/mol. The molecule has 4 heteroatoms. The first-order valence-electron chi connectivity index (χ1n) is 1.52. The molecule has 0 atom stereocenters. The van der Waals surface area contributed by atoms with E-state index in [1.54, 1.807) is 0 Å². The molecule has 1 amide bonds. The Bertz CT molecular complexity index is 90.9. The minimum absolute atomic E-state index is 1.08. The standard InChI is InChI=1S/C3H4ClNO2/c4-1-2-5-3(6)7/h1-2,5H,(H,6,7). The quantitative estimate of drug-likeness (QED) is 0.543. The van der Waals surface area contributed by atoms with E-state index in [9.17, 15) is 4.79 Å². The van der Waals surface area contributed by atoms with Crippen LogP contribution >= 0.6 is 11.6 Å². The Hall–Kier alpha value is -0.700. The van der Waals surface area contributed by atoms with Crippen LogP contribution in [-0.4, -0.2) is 11.2 Å². The van der Waals surface area contributed by atoms with Gasteiger partial charge in [0.05, 0.1) is 0 Å². The van der Waals surface area contributed by atoms with Gasteiger partial charge in [-0.3, -0.25) is 5.32 Å². The largest absolute Gasteiger partial charge is 0.465 e. The highest BCUT2D eigenvalue weighted by atomic mass is 35.5. The summed E-state index contributed by atoms with van der Waals surface area (Å²) in [6.45, 7) is 0. The molecule has 7 heavy (non-hydrogen) atoms. The minimum atomic E-state index is -1.11. The van der Waals surface area contributed by atoms with Gasteiger partial charge in [-0.2, -0.15) is 0 Å². The number of nitrogens with one attached hydrogen (secondary N) is 1. The molecule has 0 aliphatic rings. The molecular weight excluding hydrogens is 117 g/mol. The van der Waals surface area contributed by atoms with Crippen LogP contribution in [0.4, 0.5) is 4.79 Å². The lowest BCUT2D eigenvalue weighted by Crippen LogP contribution is -2.12. The van der Waals surface area contributed by atoms with Crippen LogP contribution in [0.5, 0.6) is 0 Å². The fourth-order valence-electron chi connectivity index (χ4n) is 0.103. The number of carbonyl (C=O) groups is 1. The molecule has 0 aromatic heterocycles. The molecule has 2 N–H and O–H groups in total. The second-order valence-corrected chi connectivity index (χ2v) is 0.994. The molecule has 0 unspecified atom stereocenters. The van der Waals surface area contributed by atoms with Crippen molar-refractivity contribution in [2.45, 2.75) is 0 Å². The lowest BCUT2D eigenvalue weighted by molar-refractivity contribution is 0.198. The van der Waals surface area contributed by atoms with Crippen LogP contribution in [0.1, 0.15) is 0 Å². The van der Waals surface area contributed by atoms with Gasteiger partial charge in [0.2, 0.25) is 0 Å². The highest BCUT2D eigenvalue weighted by molar-refractivity contribution is 6.25. The summed E-state index contributed by atoms with van der Waals surface area (Å²) in [6.07, 6.45) is 0.000988. The van der Waals surface area contributed by atoms with E-state index < -0.39 is 6.09 Å². The van der Waals surface area contributed by atoms with Crippen molar-refractivity contribution in [1.29, 1.82) is 0 Å². The van der Waals surface area contributed by atoms with Gasteiger partial charge in [-0.1, -0.05) is 11.6 Å². The van der Waals surface area contributed by atoms with E-state index in [0.29, 0.717) is 0 Å². The zero-order valence-electron chi connectivity index (χ0n) is 3.39. The van der Waals surface area contributed by atoms with Crippen LogP contribution in [0.3, 0.4) is 0 Å². The van der Waals surface area contributed by atoms with E-state index in [2.05, 4.69) is 0 Å². The van der Waals surface area contributed by atoms with Crippen LogP contribution in [0.25, 0.3) is 0 Å². The average Bonchev–Trinajstić information content (AvgIpc) is 1.61. The molecule has 0 aliphatic heterocycles. The summed E-state index contributed by atoms with van der Waals surface area (Å²) < 4.78 is 0. The van der Waals surface area contributed by atoms with Crippen LogP contribution in [-0.2, 0) is 0 Å². The summed E-state index contributed by atoms with van der Waals surface area (Å²) in [5.41, 5.74) is 1.08. The molecular formula is C3H4ClNO2. The second kappa shape index (κ2) is 3.49. The van der Waals surface area contributed by atoms with Gasteiger partial charge in [0.25, 0.3) is 0 Å². The summed E-state index contributed by atoms with van der Waals surface area (Å²) in [7, 11) is 0. The molecule has 0 saturated carbocycles. The Morgan fingerprint density at radius 3 is 2.57 bits per heavy atom. The molecule has 0 rings (SSSR count). The number of amides is 1. The van der Waals surface area contributed by atoms with Gasteiger partial charge in [0.15, 0.2) is 0 Å². The molecule has 3 nitrogen and oxygen atoms in total. The van der Waals surface area contributed by atoms with Crippen LogP contribution in [0.15, 0.2) is 11.7 Å². The first-order valence-corrected chi connectivity index (χ1v) is 1.95. The highest BCUT2D eigenvalue weighted by Crippen LogP contribution is 1.71. The second-order valence-electron chi connectivity index (χ2n) is 0.742. The number of carboxylic acid groups (broad SMARTS) is 1. The van der Waals surface area contributed by atoms with Crippen molar-refractivity contribution in [3.05, 3.63) is 11.7 Å². The SMILES string of the molecule is O=C(O)NC=CCl. The Labute approximate surface area is 45.6 Å². The van der Waals surface area contributed by atoms with Crippen molar-refractivity contribution in [1.82, 2.24) is 5.32 Å². The molecule has 40 valence electrons. The smallest absolute Gasteiger partial charge is 0.408 e. The van der Waals surface area contributed by atoms with Gasteiger partial charge in [0.1, 0.15) is 0 Å². The van der Waals surface area contributed by atoms with Gasteiger partial charge in [-0.05, 0) is 0 Å². The molecule has 0 bridgehead atoms. The van der Waals surface area contributed by atoms with E-state index in [-0.39, 0.29) is 0 Å². The first-order chi connectivity index (χ1) is 3.27. The summed E-state index contributed by atoms with van der Waals surface area (Å²) in [6, 6.07) is 0. The maximum atomic E-state index is 9.54. The maximum Gasteiger partial charge on any atom is 0.408 e. The summed E-state index contributed by atoms with van der Waals surface area (Å²) in [5, 5.41) is 9.72. The Morgan fingerprint density at radius 1 is 1.86 bits per heavy atom. The molecule has 0 fully saturated rings. The number of halogens is 1. The van der Waals surface area contributed by atoms with E-state index in [0.717, 1.165) is 11.7 Å². The zero-order chi connectivity index (χ0) is 5.70. The van der Waals surface area contributed by atoms with Crippen LogP contribution < -0.4 is 5.32 Å². The van der Waals surface area contributed by atoms with Crippen LogP contribution in [0.2, 0.25) is 0 Å². The summed E-state index contributed by atoms with van der Waals surface area (Å²) in [4.78, 5) is 9.54. The molecule has 0 spiro atoms. The third-order valence-electron chi connectivity index (χ3n) is 0.270. The lowest BCUT2D eigenvalue weighted by Gasteiger charge is -1.83. The molecule has 0 aromatic carbocycles. The van der Waals surface area contributed by atoms with Gasteiger partial charge in [-0.15, -0.1) is 0 Å². The molecule has 0 saturated heterocycles. The van der Waals surface area contributed by atoms with Crippen molar-refractivity contribution < 1.29 is 9.90 Å². The van der Waals surface area contributed by atoms with Crippen molar-refractivity contribution >= 4 is 17.7 Å². The van der Waals surface area contributed by atoms with Gasteiger partial charge >= 0.3 is 6.09 Å². The normalized spacial score (nSPS) is 9.29. The monoisotopic (exact) mass is 121 g/mol. The predicted octanol–water partition coefficient (Wildman–Crippen LogP) is 0.964. The van der Waals surface area contributed by atoms with Gasteiger partial charge < -0.3 is 5.11 Å². The Balaban J connectivity index is 3.14. The summed E-state index contributed by atoms with van der Waals surface area (Å²) in [5.74, 6) is 0. The van der Waals surface area contributed by atoms with Crippen LogP contribution in [0, 0.1) is 0 Å². The fraction of sp³-hybridized carbons (Fsp3) is 0. The number of hydrogen-bond donors (Lipinski definition) is 2. The molecule has 0 heterocycles. The van der Waals surface area contributed by atoms with Gasteiger partial charge in [0, 0.05) is 11.7 Å². The van der Waals surface area contributed by atoms with Crippen molar-refractivity contribution in [3.63, 3.8) is 0 Å². The average molecular weight is 122 g/mol. The minimum Gasteiger partial charge on any atom is -0.465 e. The molecule has 0 radical (unpaired) electrons. The van der Waals surface area contributed by atoms with E-state index in [4.69, 9.17) is 16.7 Å². The third kappa shape index (κ3) is 5.30. The zero-order valence-corrected chi connectivity index (χ0v) is 4.14. The number of hydrogen-bond acceptors (Lipinski definition) is 1. The fourth-order valence-corrected chi connectivity index (χ4v) is 0.166. The third-order valence-corrected chi connectivity index (χ3v) is 0.396. The van der Waals surface area contributed by atoms with Crippen molar-refractivity contribution in [3.8, 4) is 0 Å². The van der Waals surface area contributed by atoms with E-state index in [1.807, 2.05) is 5.32 Å². The Kier molecular flexibility index (Phi) is 3.14. The van der Waals surface area contributed by atoms with E-state index in [1.165, 1.54) is 0 Å². The highest BCUT2D eigenvalue weighted by Gasteiger charge is 1.81. The lowest BCUT2D eigenvalue weighted by atomic mass is 11.0. The van der Waals surface area contributed by atoms with Crippen molar-refractivity contribution in [2.75, 3.05) is 0 Å². The van der Waals surface area contributed by atoms with Gasteiger partial charge in [-0.25, -0.2) is 4.79 Å². The number of rotatable bonds is 1. The first kappa shape index (κ1) is 6.30. The topological polar surface area (TPSA) is 49.3 Å². The molecule has 0 aromatic rings. The maximum absolute atomic E-state index is 9.54. The molecule has 0 aliphatic carbocycles. The van der Waals surface area contributed by atoms with Crippen molar-refractivity contribution in [2.24, 2.45) is 0 Å². The summed E-state index contributed by atoms with van der Waals surface area (Å²) >= 11 is 4.94. The van der Waals surface area contributed by atoms with E-state index >= 15 is 0 Å².